The minimum absolute atomic E-state index is 0.878. The van der Waals surface area contributed by atoms with Crippen LogP contribution in [0, 0.1) is 0 Å². The number of aromatic nitrogens is 1. The highest BCUT2D eigenvalue weighted by Gasteiger charge is 2.23. The van der Waals surface area contributed by atoms with Gasteiger partial charge in [0, 0.05) is 53.1 Å². The molecule has 234 valence electrons. The fourth-order valence-corrected chi connectivity index (χ4v) is 9.15. The van der Waals surface area contributed by atoms with E-state index in [9.17, 15) is 0 Å². The lowest BCUT2D eigenvalue weighted by Gasteiger charge is -2.27. The van der Waals surface area contributed by atoms with Gasteiger partial charge < -0.3 is 13.9 Å². The summed E-state index contributed by atoms with van der Waals surface area (Å²) < 4.78 is 11.6. The van der Waals surface area contributed by atoms with Gasteiger partial charge >= 0.3 is 0 Å². The van der Waals surface area contributed by atoms with Crippen LogP contribution in [0.2, 0.25) is 0 Å². The van der Waals surface area contributed by atoms with Crippen LogP contribution in [0.1, 0.15) is 0 Å². The molecule has 0 atom stereocenters. The summed E-state index contributed by atoms with van der Waals surface area (Å²) in [7, 11) is 0. The number of nitrogens with zero attached hydrogens (tertiary/aromatic N) is 2. The minimum atomic E-state index is 0.878. The first-order valence-electron chi connectivity index (χ1n) is 16.9. The van der Waals surface area contributed by atoms with Crippen LogP contribution in [0.5, 0.6) is 0 Å². The second kappa shape index (κ2) is 10.6. The monoisotopic (exact) mass is 656 g/mol. The van der Waals surface area contributed by atoms with Crippen molar-refractivity contribution in [3.63, 3.8) is 0 Å². The number of thiophene rings is 1. The van der Waals surface area contributed by atoms with Crippen molar-refractivity contribution in [2.75, 3.05) is 4.90 Å². The molecule has 0 saturated carbocycles. The number of fused-ring (bicyclic) bond motifs is 11. The Balaban J connectivity index is 1.19. The lowest BCUT2D eigenvalue weighted by Crippen LogP contribution is -2.11. The first-order chi connectivity index (χ1) is 24.8. The smallest absolute Gasteiger partial charge is 0.143 e. The van der Waals surface area contributed by atoms with Crippen LogP contribution >= 0.6 is 11.3 Å². The predicted octanol–water partition coefficient (Wildman–Crippen LogP) is 13.7. The maximum absolute atomic E-state index is 6.69. The van der Waals surface area contributed by atoms with Gasteiger partial charge in [-0.2, -0.15) is 0 Å². The normalized spacial score (nSPS) is 12.0. The molecule has 11 aromatic rings. The van der Waals surface area contributed by atoms with Crippen LogP contribution < -0.4 is 4.90 Å². The van der Waals surface area contributed by atoms with Crippen molar-refractivity contribution in [1.29, 1.82) is 0 Å². The molecule has 0 radical (unpaired) electrons. The summed E-state index contributed by atoms with van der Waals surface area (Å²) in [5.41, 5.74) is 8.65. The molecule has 0 amide bonds. The molecule has 0 aliphatic carbocycles. The van der Waals surface area contributed by atoms with Crippen molar-refractivity contribution >= 4 is 103 Å². The topological polar surface area (TPSA) is 21.3 Å². The average Bonchev–Trinajstić information content (AvgIpc) is 3.86. The van der Waals surface area contributed by atoms with Crippen molar-refractivity contribution in [1.82, 2.24) is 4.57 Å². The second-order valence-corrected chi connectivity index (χ2v) is 14.0. The van der Waals surface area contributed by atoms with E-state index in [1.54, 1.807) is 0 Å². The van der Waals surface area contributed by atoms with Crippen LogP contribution in [0.25, 0.3) is 80.4 Å². The van der Waals surface area contributed by atoms with Gasteiger partial charge in [-0.3, -0.25) is 0 Å². The average molecular weight is 657 g/mol. The highest BCUT2D eigenvalue weighted by Crippen LogP contribution is 2.48. The van der Waals surface area contributed by atoms with Crippen LogP contribution in [0.4, 0.5) is 17.1 Å². The van der Waals surface area contributed by atoms with Gasteiger partial charge in [-0.05, 0) is 78.2 Å². The minimum Gasteiger partial charge on any atom is -0.455 e. The summed E-state index contributed by atoms with van der Waals surface area (Å²) in [4.78, 5) is 2.43. The highest BCUT2D eigenvalue weighted by atomic mass is 32.1. The lowest BCUT2D eigenvalue weighted by molar-refractivity contribution is 0.672. The molecule has 0 unspecified atom stereocenters. The third-order valence-corrected chi connectivity index (χ3v) is 11.3. The molecule has 0 aliphatic heterocycles. The van der Waals surface area contributed by atoms with Crippen molar-refractivity contribution in [2.45, 2.75) is 0 Å². The molecule has 0 saturated heterocycles. The third-order valence-electron chi connectivity index (χ3n) is 10.2. The predicted molar refractivity (Wildman–Crippen MR) is 213 cm³/mol. The van der Waals surface area contributed by atoms with Gasteiger partial charge in [0.05, 0.1) is 27.8 Å². The largest absolute Gasteiger partial charge is 0.455 e. The fraction of sp³-hybridized carbons (Fsp3) is 0. The molecule has 0 aliphatic rings. The van der Waals surface area contributed by atoms with Gasteiger partial charge in [0.2, 0.25) is 0 Å². The first-order valence-corrected chi connectivity index (χ1v) is 17.8. The Morgan fingerprint density at radius 2 is 1.06 bits per heavy atom. The molecule has 0 fully saturated rings. The van der Waals surface area contributed by atoms with Crippen molar-refractivity contribution in [3.8, 4) is 5.69 Å². The molecule has 0 bridgehead atoms. The van der Waals surface area contributed by atoms with Gasteiger partial charge in [-0.15, -0.1) is 11.3 Å². The van der Waals surface area contributed by atoms with E-state index < -0.39 is 0 Å². The molecular weight excluding hydrogens is 629 g/mol. The van der Waals surface area contributed by atoms with Gasteiger partial charge in [-0.25, -0.2) is 0 Å². The Labute approximate surface area is 291 Å². The highest BCUT2D eigenvalue weighted by molar-refractivity contribution is 7.26. The molecule has 3 heterocycles. The van der Waals surface area contributed by atoms with Crippen LogP contribution in [-0.2, 0) is 0 Å². The molecule has 0 N–H and O–H groups in total. The zero-order chi connectivity index (χ0) is 32.8. The van der Waals surface area contributed by atoms with Crippen molar-refractivity contribution in [3.05, 3.63) is 170 Å². The van der Waals surface area contributed by atoms with Crippen LogP contribution in [0.15, 0.2) is 174 Å². The number of anilines is 3. The standard InChI is InChI=1S/C46H28N2OS/c1-2-12-32-29(11-1)23-28-36-44-39(18-9-20-41(44)49-46(32)36)48(40-19-10-22-43-45(40)35-15-5-8-21-42(35)50-43)31-26-24-30(25-27-31)47-37-16-6-3-13-33(37)34-14-4-7-17-38(34)47/h1-28H. The summed E-state index contributed by atoms with van der Waals surface area (Å²) in [6.45, 7) is 0. The third kappa shape index (κ3) is 3.91. The molecule has 8 aromatic carbocycles. The maximum Gasteiger partial charge on any atom is 0.143 e. The number of furan rings is 1. The zero-order valence-electron chi connectivity index (χ0n) is 26.9. The van der Waals surface area contributed by atoms with E-state index >= 15 is 0 Å². The zero-order valence-corrected chi connectivity index (χ0v) is 27.7. The first kappa shape index (κ1) is 27.6. The van der Waals surface area contributed by atoms with E-state index in [2.05, 4.69) is 179 Å². The number of rotatable bonds is 4. The van der Waals surface area contributed by atoms with E-state index in [1.165, 1.54) is 47.4 Å². The van der Waals surface area contributed by atoms with Gasteiger partial charge in [-0.1, -0.05) is 97.1 Å². The number of hydrogen-bond acceptors (Lipinski definition) is 3. The maximum atomic E-state index is 6.69. The Morgan fingerprint density at radius 3 is 1.84 bits per heavy atom. The SMILES string of the molecule is c1ccc2c(c1)ccc1c2oc2cccc(N(c3ccc(-n4c5ccccc5c5ccccc54)cc3)c3cccc4sc5ccccc5c34)c21. The molecule has 4 heteroatoms. The van der Waals surface area contributed by atoms with Gasteiger partial charge in [0.25, 0.3) is 0 Å². The molecule has 50 heavy (non-hydrogen) atoms. The lowest BCUT2D eigenvalue weighted by atomic mass is 10.0. The van der Waals surface area contributed by atoms with E-state index in [1.807, 2.05) is 11.3 Å². The van der Waals surface area contributed by atoms with Crippen LogP contribution in [-0.4, -0.2) is 4.57 Å². The molecule has 11 rings (SSSR count). The fourth-order valence-electron chi connectivity index (χ4n) is 8.02. The summed E-state index contributed by atoms with van der Waals surface area (Å²) >= 11 is 1.85. The summed E-state index contributed by atoms with van der Waals surface area (Å²) in [5, 5.41) is 9.57. The Kier molecular flexibility index (Phi) is 5.83. The van der Waals surface area contributed by atoms with Gasteiger partial charge in [0.15, 0.2) is 0 Å². The molecular formula is C46H28N2OS. The summed E-state index contributed by atoms with van der Waals surface area (Å²) in [5.74, 6) is 0. The van der Waals surface area contributed by atoms with E-state index in [0.717, 1.165) is 50.1 Å². The van der Waals surface area contributed by atoms with E-state index in [4.69, 9.17) is 4.42 Å². The van der Waals surface area contributed by atoms with E-state index in [0.29, 0.717) is 0 Å². The molecule has 3 aromatic heterocycles. The Bertz CT molecular complexity index is 3060. The Morgan fingerprint density at radius 1 is 0.440 bits per heavy atom. The number of hydrogen-bond donors (Lipinski definition) is 0. The quantitative estimate of drug-likeness (QED) is 0.188. The Hall–Kier alpha value is -6.36. The van der Waals surface area contributed by atoms with Gasteiger partial charge in [0.1, 0.15) is 11.2 Å². The summed E-state index contributed by atoms with van der Waals surface area (Å²) in [6, 6.07) is 61.2. The number of benzene rings is 8. The van der Waals surface area contributed by atoms with Crippen molar-refractivity contribution < 1.29 is 4.42 Å². The van der Waals surface area contributed by atoms with Crippen molar-refractivity contribution in [2.24, 2.45) is 0 Å². The second-order valence-electron chi connectivity index (χ2n) is 12.9. The number of para-hydroxylation sites is 2. The van der Waals surface area contributed by atoms with Crippen LogP contribution in [0.3, 0.4) is 0 Å². The van der Waals surface area contributed by atoms with E-state index in [-0.39, 0.29) is 0 Å². The molecule has 3 nitrogen and oxygen atoms in total. The molecule has 0 spiro atoms. The summed E-state index contributed by atoms with van der Waals surface area (Å²) in [6.07, 6.45) is 0.